The van der Waals surface area contributed by atoms with Crippen molar-refractivity contribution in [1.29, 1.82) is 0 Å². The number of methoxy groups -OCH3 is 1. The lowest BCUT2D eigenvalue weighted by molar-refractivity contribution is 0.102. The molecule has 0 aromatic heterocycles. The molecular formula is C18H21ClN2O4S. The van der Waals surface area contributed by atoms with Crippen LogP contribution in [0.1, 0.15) is 24.2 Å². The molecule has 0 unspecified atom stereocenters. The van der Waals surface area contributed by atoms with Crippen LogP contribution < -0.4 is 10.1 Å². The average Bonchev–Trinajstić information content (AvgIpc) is 2.63. The smallest absolute Gasteiger partial charge is 0.255 e. The molecular weight excluding hydrogens is 376 g/mol. The van der Waals surface area contributed by atoms with E-state index in [0.29, 0.717) is 23.8 Å². The second-order valence-corrected chi connectivity index (χ2v) is 7.70. The second kappa shape index (κ2) is 8.53. The van der Waals surface area contributed by atoms with E-state index in [1.807, 2.05) is 0 Å². The molecule has 2 aromatic carbocycles. The molecule has 6 nitrogen and oxygen atoms in total. The van der Waals surface area contributed by atoms with E-state index in [4.69, 9.17) is 16.3 Å². The minimum Gasteiger partial charge on any atom is -0.495 e. The number of nitrogens with one attached hydrogen (secondary N) is 1. The van der Waals surface area contributed by atoms with Crippen LogP contribution in [0.3, 0.4) is 0 Å². The zero-order chi connectivity index (χ0) is 19.3. The van der Waals surface area contributed by atoms with Gasteiger partial charge in [0, 0.05) is 18.7 Å². The number of sulfonamides is 1. The molecule has 2 rings (SSSR count). The van der Waals surface area contributed by atoms with E-state index in [9.17, 15) is 13.2 Å². The van der Waals surface area contributed by atoms with E-state index >= 15 is 0 Å². The summed E-state index contributed by atoms with van der Waals surface area (Å²) in [6, 6.07) is 11.1. The topological polar surface area (TPSA) is 75.7 Å². The summed E-state index contributed by atoms with van der Waals surface area (Å²) in [7, 11) is -2.39. The molecule has 1 N–H and O–H groups in total. The van der Waals surface area contributed by atoms with Crippen molar-refractivity contribution in [3.05, 3.63) is 53.1 Å². The third-order valence-electron chi connectivity index (χ3n) is 3.87. The summed E-state index contributed by atoms with van der Waals surface area (Å²) in [5, 5.41) is 3.07. The van der Waals surface area contributed by atoms with Crippen molar-refractivity contribution >= 4 is 33.2 Å². The first-order chi connectivity index (χ1) is 12.3. The Kier molecular flexibility index (Phi) is 6.63. The molecule has 0 spiro atoms. The molecule has 0 aliphatic rings. The Morgan fingerprint density at radius 1 is 1.15 bits per heavy atom. The molecule has 0 aliphatic carbocycles. The SMILES string of the molecule is CCN(CC)S(=O)(=O)c1cc(C(=O)Nc2ccccc2Cl)ccc1OC. The second-order valence-electron chi connectivity index (χ2n) is 5.39. The lowest BCUT2D eigenvalue weighted by Crippen LogP contribution is -2.31. The van der Waals surface area contributed by atoms with Crippen LogP contribution in [0.15, 0.2) is 47.4 Å². The first-order valence-electron chi connectivity index (χ1n) is 8.09. The molecule has 0 atom stereocenters. The van der Waals surface area contributed by atoms with Crippen molar-refractivity contribution in [1.82, 2.24) is 4.31 Å². The number of benzene rings is 2. The number of nitrogens with zero attached hydrogens (tertiary/aromatic N) is 1. The predicted octanol–water partition coefficient (Wildman–Crippen LogP) is 3.63. The van der Waals surface area contributed by atoms with Gasteiger partial charge in [-0.15, -0.1) is 0 Å². The van der Waals surface area contributed by atoms with E-state index in [-0.39, 0.29) is 16.2 Å². The standard InChI is InChI=1S/C18H21ClN2O4S/c1-4-21(5-2)26(23,24)17-12-13(10-11-16(17)25-3)18(22)20-15-9-7-6-8-14(15)19/h6-12H,4-5H2,1-3H3,(H,20,22). The summed E-state index contributed by atoms with van der Waals surface area (Å²) >= 11 is 6.05. The normalized spacial score (nSPS) is 11.4. The highest BCUT2D eigenvalue weighted by atomic mass is 35.5. The molecule has 2 aromatic rings. The quantitative estimate of drug-likeness (QED) is 0.775. The average molecular weight is 397 g/mol. The number of carbonyl (C=O) groups is 1. The molecule has 26 heavy (non-hydrogen) atoms. The molecule has 8 heteroatoms. The molecule has 0 bridgehead atoms. The van der Waals surface area contributed by atoms with Gasteiger partial charge >= 0.3 is 0 Å². The summed E-state index contributed by atoms with van der Waals surface area (Å²) in [5.74, 6) is -0.275. The number of hydrogen-bond acceptors (Lipinski definition) is 4. The lowest BCUT2D eigenvalue weighted by atomic mass is 10.2. The largest absolute Gasteiger partial charge is 0.495 e. The Labute approximate surface area is 158 Å². The number of rotatable bonds is 7. The van der Waals surface area contributed by atoms with Crippen LogP contribution in [-0.2, 0) is 10.0 Å². The molecule has 0 heterocycles. The monoisotopic (exact) mass is 396 g/mol. The van der Waals surface area contributed by atoms with E-state index in [2.05, 4.69) is 5.32 Å². The van der Waals surface area contributed by atoms with Gasteiger partial charge in [-0.05, 0) is 30.3 Å². The van der Waals surface area contributed by atoms with E-state index in [0.717, 1.165) is 0 Å². The molecule has 0 saturated heterocycles. The van der Waals surface area contributed by atoms with Gasteiger partial charge in [0.05, 0.1) is 17.8 Å². The summed E-state index contributed by atoms with van der Waals surface area (Å²) < 4.78 is 32.2. The Bertz CT molecular complexity index is 896. The maximum absolute atomic E-state index is 12.9. The zero-order valence-electron chi connectivity index (χ0n) is 14.8. The van der Waals surface area contributed by atoms with Gasteiger partial charge in [0.15, 0.2) is 0 Å². The number of ether oxygens (including phenoxy) is 1. The van der Waals surface area contributed by atoms with Gasteiger partial charge in [-0.2, -0.15) is 4.31 Å². The number of anilines is 1. The van der Waals surface area contributed by atoms with Gasteiger partial charge in [0.25, 0.3) is 5.91 Å². The maximum Gasteiger partial charge on any atom is 0.255 e. The fourth-order valence-electron chi connectivity index (χ4n) is 2.48. The Morgan fingerprint density at radius 2 is 1.81 bits per heavy atom. The Balaban J connectivity index is 2.43. The van der Waals surface area contributed by atoms with Crippen LogP contribution in [0, 0.1) is 0 Å². The van der Waals surface area contributed by atoms with E-state index in [1.165, 1.54) is 29.6 Å². The van der Waals surface area contributed by atoms with Crippen LogP contribution in [0.2, 0.25) is 5.02 Å². The Morgan fingerprint density at radius 3 is 2.38 bits per heavy atom. The highest BCUT2D eigenvalue weighted by molar-refractivity contribution is 7.89. The fraction of sp³-hybridized carbons (Fsp3) is 0.278. The van der Waals surface area contributed by atoms with Crippen LogP contribution >= 0.6 is 11.6 Å². The van der Waals surface area contributed by atoms with Crippen molar-refractivity contribution < 1.29 is 17.9 Å². The molecule has 140 valence electrons. The van der Waals surface area contributed by atoms with Crippen molar-refractivity contribution in [2.45, 2.75) is 18.7 Å². The number of carbonyl (C=O) groups excluding carboxylic acids is 1. The molecule has 0 radical (unpaired) electrons. The summed E-state index contributed by atoms with van der Waals surface area (Å²) in [6.07, 6.45) is 0. The van der Waals surface area contributed by atoms with Crippen molar-refractivity contribution in [2.24, 2.45) is 0 Å². The number of para-hydroxylation sites is 1. The first-order valence-corrected chi connectivity index (χ1v) is 9.91. The predicted molar refractivity (Wildman–Crippen MR) is 103 cm³/mol. The zero-order valence-corrected chi connectivity index (χ0v) is 16.4. The summed E-state index contributed by atoms with van der Waals surface area (Å²) in [5.41, 5.74) is 0.639. The van der Waals surface area contributed by atoms with E-state index < -0.39 is 15.9 Å². The Hall–Kier alpha value is -2.09. The van der Waals surface area contributed by atoms with Crippen LogP contribution in [0.4, 0.5) is 5.69 Å². The minimum absolute atomic E-state index is 0.0458. The number of halogens is 1. The van der Waals surface area contributed by atoms with Crippen molar-refractivity contribution in [3.63, 3.8) is 0 Å². The van der Waals surface area contributed by atoms with Crippen molar-refractivity contribution in [3.8, 4) is 5.75 Å². The highest BCUT2D eigenvalue weighted by Crippen LogP contribution is 2.28. The number of amides is 1. The molecule has 0 saturated carbocycles. The van der Waals surface area contributed by atoms with Gasteiger partial charge < -0.3 is 10.1 Å². The van der Waals surface area contributed by atoms with Gasteiger partial charge in [-0.25, -0.2) is 8.42 Å². The van der Waals surface area contributed by atoms with Gasteiger partial charge in [0.1, 0.15) is 10.6 Å². The molecule has 0 fully saturated rings. The fourth-order valence-corrected chi connectivity index (χ4v) is 4.30. The van der Waals surface area contributed by atoms with Crippen LogP contribution in [0.25, 0.3) is 0 Å². The molecule has 0 aliphatic heterocycles. The minimum atomic E-state index is -3.78. The summed E-state index contributed by atoms with van der Waals surface area (Å²) in [4.78, 5) is 12.5. The van der Waals surface area contributed by atoms with Crippen LogP contribution in [0.5, 0.6) is 5.75 Å². The molecule has 1 amide bonds. The third kappa shape index (κ3) is 4.17. The van der Waals surface area contributed by atoms with Gasteiger partial charge in [0.2, 0.25) is 10.0 Å². The van der Waals surface area contributed by atoms with E-state index in [1.54, 1.807) is 38.1 Å². The van der Waals surface area contributed by atoms with Gasteiger partial charge in [-0.3, -0.25) is 4.79 Å². The first kappa shape index (κ1) is 20.2. The third-order valence-corrected chi connectivity index (χ3v) is 6.27. The van der Waals surface area contributed by atoms with Crippen molar-refractivity contribution in [2.75, 3.05) is 25.5 Å². The summed E-state index contributed by atoms with van der Waals surface area (Å²) in [6.45, 7) is 4.14. The van der Waals surface area contributed by atoms with Gasteiger partial charge in [-0.1, -0.05) is 37.6 Å². The van der Waals surface area contributed by atoms with Crippen LogP contribution in [-0.4, -0.2) is 38.8 Å². The highest BCUT2D eigenvalue weighted by Gasteiger charge is 2.26. The lowest BCUT2D eigenvalue weighted by Gasteiger charge is -2.20. The maximum atomic E-state index is 12.9. The number of hydrogen-bond donors (Lipinski definition) is 1.